The van der Waals surface area contributed by atoms with Crippen molar-refractivity contribution in [2.75, 3.05) is 24.5 Å². The number of nitrogens with zero attached hydrogens (tertiary/aromatic N) is 3. The fourth-order valence-electron chi connectivity index (χ4n) is 4.11. The van der Waals surface area contributed by atoms with E-state index >= 15 is 0 Å². The summed E-state index contributed by atoms with van der Waals surface area (Å²) in [5.74, 6) is -0.922. The maximum absolute atomic E-state index is 13.2. The van der Waals surface area contributed by atoms with E-state index < -0.39 is 11.3 Å². The molecule has 7 heteroatoms. The number of primary amides is 1. The lowest BCUT2D eigenvalue weighted by Gasteiger charge is -2.24. The predicted molar refractivity (Wildman–Crippen MR) is 99.2 cm³/mol. The monoisotopic (exact) mass is 364 g/mol. The zero-order valence-electron chi connectivity index (χ0n) is 15.0. The van der Waals surface area contributed by atoms with Gasteiger partial charge in [-0.25, -0.2) is 4.98 Å². The number of benzene rings is 1. The molecule has 2 N–H and O–H groups in total. The van der Waals surface area contributed by atoms with Crippen LogP contribution in [0.5, 0.6) is 0 Å². The Kier molecular flexibility index (Phi) is 3.95. The van der Waals surface area contributed by atoms with E-state index in [2.05, 4.69) is 4.98 Å². The molecule has 2 aliphatic heterocycles. The molecule has 1 fully saturated rings. The highest BCUT2D eigenvalue weighted by Gasteiger charge is 2.55. The first kappa shape index (κ1) is 17.2. The quantitative estimate of drug-likeness (QED) is 0.879. The van der Waals surface area contributed by atoms with Gasteiger partial charge in [-0.2, -0.15) is 0 Å². The third-order valence-corrected chi connectivity index (χ3v) is 5.34. The Morgan fingerprint density at radius 1 is 1.19 bits per heavy atom. The summed E-state index contributed by atoms with van der Waals surface area (Å²) < 4.78 is 0. The van der Waals surface area contributed by atoms with E-state index in [1.165, 1.54) is 4.90 Å². The van der Waals surface area contributed by atoms with Gasteiger partial charge in [-0.1, -0.05) is 24.3 Å². The summed E-state index contributed by atoms with van der Waals surface area (Å²) in [5, 5.41) is 0. The Bertz CT molecular complexity index is 958. The molecule has 1 aromatic heterocycles. The number of rotatable bonds is 3. The first-order valence-electron chi connectivity index (χ1n) is 8.85. The normalized spacial score (nSPS) is 21.0. The van der Waals surface area contributed by atoms with Crippen LogP contribution in [-0.2, 0) is 15.0 Å². The van der Waals surface area contributed by atoms with Crippen LogP contribution in [0.1, 0.15) is 28.2 Å². The van der Waals surface area contributed by atoms with Crippen molar-refractivity contribution >= 4 is 23.4 Å². The topological polar surface area (TPSA) is 96.6 Å². The van der Waals surface area contributed by atoms with Crippen LogP contribution in [0.4, 0.5) is 5.69 Å². The highest BCUT2D eigenvalue weighted by atomic mass is 16.2. The van der Waals surface area contributed by atoms with Gasteiger partial charge in [0.2, 0.25) is 11.8 Å². The molecule has 2 aromatic rings. The van der Waals surface area contributed by atoms with Crippen molar-refractivity contribution in [3.63, 3.8) is 0 Å². The highest BCUT2D eigenvalue weighted by molar-refractivity contribution is 6.11. The molecule has 2 aliphatic rings. The summed E-state index contributed by atoms with van der Waals surface area (Å²) in [6.07, 6.45) is 0.510. The van der Waals surface area contributed by atoms with E-state index in [0.29, 0.717) is 24.3 Å². The van der Waals surface area contributed by atoms with Crippen molar-refractivity contribution in [2.45, 2.75) is 18.8 Å². The molecular formula is C20H20N4O3. The lowest BCUT2D eigenvalue weighted by molar-refractivity contribution is -0.125. The summed E-state index contributed by atoms with van der Waals surface area (Å²) in [6.45, 7) is 2.40. The van der Waals surface area contributed by atoms with E-state index in [4.69, 9.17) is 5.73 Å². The van der Waals surface area contributed by atoms with Crippen LogP contribution < -0.4 is 10.6 Å². The van der Waals surface area contributed by atoms with Crippen LogP contribution in [-0.4, -0.2) is 47.2 Å². The third kappa shape index (κ3) is 2.66. The Labute approximate surface area is 156 Å². The molecule has 3 amide bonds. The number of amides is 3. The zero-order valence-corrected chi connectivity index (χ0v) is 15.0. The fourth-order valence-corrected chi connectivity index (χ4v) is 4.11. The molecule has 1 aromatic carbocycles. The minimum Gasteiger partial charge on any atom is -0.368 e. The molecule has 1 spiro atoms. The number of nitrogens with two attached hydrogens (primary N) is 1. The molecule has 0 radical (unpaired) electrons. The van der Waals surface area contributed by atoms with E-state index in [0.717, 1.165) is 11.3 Å². The van der Waals surface area contributed by atoms with E-state index in [-0.39, 0.29) is 24.9 Å². The average molecular weight is 364 g/mol. The average Bonchev–Trinajstić information content (AvgIpc) is 3.19. The van der Waals surface area contributed by atoms with Crippen molar-refractivity contribution in [2.24, 2.45) is 5.73 Å². The number of carbonyl (C=O) groups excluding carboxylic acids is 3. The van der Waals surface area contributed by atoms with Crippen molar-refractivity contribution in [3.05, 3.63) is 59.4 Å². The Hall–Kier alpha value is -3.22. The number of pyridine rings is 1. The third-order valence-electron chi connectivity index (χ3n) is 5.34. The number of para-hydroxylation sites is 1. The van der Waals surface area contributed by atoms with Gasteiger partial charge in [0.25, 0.3) is 5.91 Å². The van der Waals surface area contributed by atoms with Crippen LogP contribution >= 0.6 is 0 Å². The van der Waals surface area contributed by atoms with Crippen LogP contribution in [0.2, 0.25) is 0 Å². The van der Waals surface area contributed by atoms with Gasteiger partial charge in [-0.3, -0.25) is 14.4 Å². The van der Waals surface area contributed by atoms with Crippen molar-refractivity contribution in [3.8, 4) is 0 Å². The molecule has 3 heterocycles. The number of carbonyl (C=O) groups is 3. The lowest BCUT2D eigenvalue weighted by atomic mass is 9.81. The molecule has 7 nitrogen and oxygen atoms in total. The summed E-state index contributed by atoms with van der Waals surface area (Å²) in [7, 11) is 0. The first-order chi connectivity index (χ1) is 12.9. The van der Waals surface area contributed by atoms with Crippen molar-refractivity contribution in [1.82, 2.24) is 9.88 Å². The maximum Gasteiger partial charge on any atom is 0.272 e. The number of anilines is 1. The predicted octanol–water partition coefficient (Wildman–Crippen LogP) is 1.01. The zero-order chi connectivity index (χ0) is 19.2. The molecular weight excluding hydrogens is 344 g/mol. The summed E-state index contributed by atoms with van der Waals surface area (Å²) in [6, 6.07) is 12.7. The Morgan fingerprint density at radius 2 is 1.96 bits per heavy atom. The summed E-state index contributed by atoms with van der Waals surface area (Å²) >= 11 is 0. The van der Waals surface area contributed by atoms with Gasteiger partial charge >= 0.3 is 0 Å². The van der Waals surface area contributed by atoms with Crippen LogP contribution in [0.3, 0.4) is 0 Å². The van der Waals surface area contributed by atoms with Gasteiger partial charge in [0.15, 0.2) is 0 Å². The molecule has 27 heavy (non-hydrogen) atoms. The molecule has 1 unspecified atom stereocenters. The van der Waals surface area contributed by atoms with Crippen molar-refractivity contribution < 1.29 is 14.4 Å². The number of aryl methyl sites for hydroxylation is 1. The Balaban J connectivity index is 1.67. The molecule has 0 saturated carbocycles. The van der Waals surface area contributed by atoms with Crippen molar-refractivity contribution in [1.29, 1.82) is 0 Å². The SMILES string of the molecule is Cc1cccc(C(=O)N2CCC3(C2)C(=O)N(CC(N)=O)c2ccccc23)n1. The standard InChI is InChI=1S/C20H20N4O3/c1-13-5-4-7-15(22-13)18(26)23-10-9-20(12-23)14-6-2-3-8-16(14)24(19(20)27)11-17(21)25/h2-8H,9-12H2,1H3,(H2,21,25). The molecule has 4 rings (SSSR count). The number of aromatic nitrogens is 1. The van der Waals surface area contributed by atoms with Crippen LogP contribution in [0, 0.1) is 6.92 Å². The molecule has 138 valence electrons. The smallest absolute Gasteiger partial charge is 0.272 e. The second kappa shape index (κ2) is 6.19. The minimum atomic E-state index is -0.828. The van der Waals surface area contributed by atoms with Gasteiger partial charge in [0.1, 0.15) is 12.2 Å². The molecule has 1 saturated heterocycles. The number of likely N-dealkylation sites (tertiary alicyclic amines) is 1. The number of hydrogen-bond acceptors (Lipinski definition) is 4. The summed E-state index contributed by atoms with van der Waals surface area (Å²) in [5.41, 5.74) is 7.20. The largest absolute Gasteiger partial charge is 0.368 e. The van der Waals surface area contributed by atoms with E-state index in [1.54, 1.807) is 17.0 Å². The van der Waals surface area contributed by atoms with Gasteiger partial charge in [0, 0.05) is 24.5 Å². The van der Waals surface area contributed by atoms with E-state index in [9.17, 15) is 14.4 Å². The molecule has 0 aliphatic carbocycles. The van der Waals surface area contributed by atoms with E-state index in [1.807, 2.05) is 37.3 Å². The number of fused-ring (bicyclic) bond motifs is 2. The van der Waals surface area contributed by atoms with Gasteiger partial charge < -0.3 is 15.5 Å². The Morgan fingerprint density at radius 3 is 2.70 bits per heavy atom. The van der Waals surface area contributed by atoms with Gasteiger partial charge in [-0.05, 0) is 37.1 Å². The second-order valence-corrected chi connectivity index (χ2v) is 7.10. The van der Waals surface area contributed by atoms with Crippen LogP contribution in [0.15, 0.2) is 42.5 Å². The molecule has 1 atom stereocenters. The first-order valence-corrected chi connectivity index (χ1v) is 8.85. The van der Waals surface area contributed by atoms with Crippen LogP contribution in [0.25, 0.3) is 0 Å². The highest BCUT2D eigenvalue weighted by Crippen LogP contribution is 2.47. The number of hydrogen-bond donors (Lipinski definition) is 1. The van der Waals surface area contributed by atoms with Gasteiger partial charge in [0.05, 0.1) is 5.41 Å². The minimum absolute atomic E-state index is 0.162. The summed E-state index contributed by atoms with van der Waals surface area (Å²) in [4.78, 5) is 45.0. The van der Waals surface area contributed by atoms with Gasteiger partial charge in [-0.15, -0.1) is 0 Å². The fraction of sp³-hybridized carbons (Fsp3) is 0.300. The second-order valence-electron chi connectivity index (χ2n) is 7.10. The maximum atomic E-state index is 13.2. The molecule has 0 bridgehead atoms. The lowest BCUT2D eigenvalue weighted by Crippen LogP contribution is -2.45.